The van der Waals surface area contributed by atoms with E-state index in [-0.39, 0.29) is 12.2 Å². The van der Waals surface area contributed by atoms with Crippen molar-refractivity contribution in [3.05, 3.63) is 0 Å². The van der Waals surface area contributed by atoms with Crippen molar-refractivity contribution in [3.8, 4) is 0 Å². The van der Waals surface area contributed by atoms with Crippen molar-refractivity contribution in [2.24, 2.45) is 5.92 Å². The van der Waals surface area contributed by atoms with E-state index in [0.29, 0.717) is 23.1 Å². The minimum absolute atomic E-state index is 0.0560. The second-order valence-electron chi connectivity index (χ2n) is 6.21. The molecule has 1 N–H and O–H groups in total. The van der Waals surface area contributed by atoms with Crippen LogP contribution in [0.2, 0.25) is 0 Å². The van der Waals surface area contributed by atoms with E-state index < -0.39 is 0 Å². The Morgan fingerprint density at radius 2 is 2.16 bits per heavy atom. The van der Waals surface area contributed by atoms with Gasteiger partial charge >= 0.3 is 0 Å². The highest BCUT2D eigenvalue weighted by Gasteiger charge is 2.46. The molecule has 0 bridgehead atoms. The number of hydrogen-bond donors (Lipinski definition) is 1. The number of amides is 1. The highest BCUT2D eigenvalue weighted by Crippen LogP contribution is 2.36. The lowest BCUT2D eigenvalue weighted by Crippen LogP contribution is -2.49. The molecule has 1 saturated heterocycles. The number of nitrogens with zero attached hydrogens (tertiary/aromatic N) is 1. The molecule has 4 unspecified atom stereocenters. The smallest absolute Gasteiger partial charge is 0.241 e. The van der Waals surface area contributed by atoms with Crippen molar-refractivity contribution in [1.29, 1.82) is 0 Å². The third-order valence-electron chi connectivity index (χ3n) is 4.51. The molecule has 110 valence electrons. The lowest BCUT2D eigenvalue weighted by Gasteiger charge is -2.35. The Hall–Kier alpha value is -0.220. The summed E-state index contributed by atoms with van der Waals surface area (Å²) in [5, 5.41) is 4.21. The van der Waals surface area contributed by atoms with Gasteiger partial charge in [-0.25, -0.2) is 0 Å². The van der Waals surface area contributed by atoms with E-state index in [1.54, 1.807) is 0 Å². The molecule has 0 aromatic heterocycles. The van der Waals surface area contributed by atoms with Crippen LogP contribution >= 0.6 is 11.8 Å². The van der Waals surface area contributed by atoms with Crippen molar-refractivity contribution in [3.63, 3.8) is 0 Å². The van der Waals surface area contributed by atoms with Crippen molar-refractivity contribution in [1.82, 2.24) is 10.2 Å². The number of nitrogens with one attached hydrogen (secondary N) is 1. The van der Waals surface area contributed by atoms with Crippen molar-refractivity contribution >= 4 is 17.7 Å². The van der Waals surface area contributed by atoms with Gasteiger partial charge in [-0.3, -0.25) is 10.1 Å². The van der Waals surface area contributed by atoms with Gasteiger partial charge in [0.1, 0.15) is 0 Å². The quantitative estimate of drug-likeness (QED) is 0.842. The first-order valence-electron chi connectivity index (χ1n) is 7.71. The van der Waals surface area contributed by atoms with E-state index in [1.165, 1.54) is 19.3 Å². The molecule has 4 atom stereocenters. The Labute approximate surface area is 121 Å². The fraction of sp³-hybridized carbons (Fsp3) is 0.933. The predicted molar refractivity (Wildman–Crippen MR) is 82.2 cm³/mol. The summed E-state index contributed by atoms with van der Waals surface area (Å²) in [6.45, 7) is 6.59. The van der Waals surface area contributed by atoms with Crippen LogP contribution in [-0.2, 0) is 4.79 Å². The van der Waals surface area contributed by atoms with Gasteiger partial charge < -0.3 is 4.90 Å². The van der Waals surface area contributed by atoms with Crippen LogP contribution < -0.4 is 5.32 Å². The largest absolute Gasteiger partial charge is 0.321 e. The van der Waals surface area contributed by atoms with Crippen LogP contribution in [-0.4, -0.2) is 40.6 Å². The van der Waals surface area contributed by atoms with Crippen molar-refractivity contribution in [2.45, 2.75) is 76.4 Å². The standard InChI is InChI=1S/C15H28N2OS/c1-5-7-11-15(18)17(14(16-11)10(2)3)12-8-6-9-13(12)19-4/h10-14,16H,5-9H2,1-4H3. The van der Waals surface area contributed by atoms with Crippen LogP contribution in [0.15, 0.2) is 0 Å². The summed E-state index contributed by atoms with van der Waals surface area (Å²) in [4.78, 5) is 14.9. The van der Waals surface area contributed by atoms with E-state index >= 15 is 0 Å². The molecule has 1 amide bonds. The van der Waals surface area contributed by atoms with Gasteiger partial charge in [0.05, 0.1) is 12.2 Å². The summed E-state index contributed by atoms with van der Waals surface area (Å²) in [7, 11) is 0. The maximum atomic E-state index is 12.7. The average molecular weight is 284 g/mol. The lowest BCUT2D eigenvalue weighted by atomic mass is 10.1. The number of carbonyl (C=O) groups excluding carboxylic acids is 1. The average Bonchev–Trinajstić information content (AvgIpc) is 2.95. The molecule has 2 aliphatic rings. The SMILES string of the molecule is CCCC1NC(C(C)C)N(C2CCCC2SC)C1=O. The van der Waals surface area contributed by atoms with Gasteiger partial charge in [-0.2, -0.15) is 11.8 Å². The van der Waals surface area contributed by atoms with Crippen LogP contribution in [0, 0.1) is 5.92 Å². The van der Waals surface area contributed by atoms with E-state index in [2.05, 4.69) is 37.2 Å². The summed E-state index contributed by atoms with van der Waals surface area (Å²) in [5.41, 5.74) is 0. The Bertz CT molecular complexity index is 321. The molecule has 1 heterocycles. The third kappa shape index (κ3) is 2.94. The van der Waals surface area contributed by atoms with Gasteiger partial charge in [-0.05, 0) is 31.4 Å². The molecule has 0 radical (unpaired) electrons. The van der Waals surface area contributed by atoms with Crippen LogP contribution in [0.4, 0.5) is 0 Å². The molecule has 0 aromatic rings. The topological polar surface area (TPSA) is 32.3 Å². The number of hydrogen-bond acceptors (Lipinski definition) is 3. The highest BCUT2D eigenvalue weighted by molar-refractivity contribution is 7.99. The molecule has 1 saturated carbocycles. The van der Waals surface area contributed by atoms with Crippen LogP contribution in [0.5, 0.6) is 0 Å². The number of thioether (sulfide) groups is 1. The summed E-state index contributed by atoms with van der Waals surface area (Å²) in [6.07, 6.45) is 8.17. The molecule has 3 nitrogen and oxygen atoms in total. The molecule has 4 heteroatoms. The molecule has 0 spiro atoms. The molecule has 2 fully saturated rings. The van der Waals surface area contributed by atoms with Crippen LogP contribution in [0.1, 0.15) is 52.9 Å². The fourth-order valence-corrected chi connectivity index (χ4v) is 4.54. The second kappa shape index (κ2) is 6.49. The normalized spacial score (nSPS) is 35.6. The van der Waals surface area contributed by atoms with Gasteiger partial charge in [-0.1, -0.05) is 33.6 Å². The number of rotatable bonds is 5. The Balaban J connectivity index is 2.17. The highest BCUT2D eigenvalue weighted by atomic mass is 32.2. The molecule has 19 heavy (non-hydrogen) atoms. The predicted octanol–water partition coefficient (Wildman–Crippen LogP) is 2.85. The minimum atomic E-state index is 0.0560. The maximum Gasteiger partial charge on any atom is 0.241 e. The van der Waals surface area contributed by atoms with Crippen LogP contribution in [0.3, 0.4) is 0 Å². The number of carbonyl (C=O) groups is 1. The van der Waals surface area contributed by atoms with Gasteiger partial charge in [-0.15, -0.1) is 0 Å². The van der Waals surface area contributed by atoms with E-state index in [0.717, 1.165) is 12.8 Å². The molecule has 2 rings (SSSR count). The Kier molecular flexibility index (Phi) is 5.18. The van der Waals surface area contributed by atoms with Gasteiger partial charge in [0.15, 0.2) is 0 Å². The lowest BCUT2D eigenvalue weighted by molar-refractivity contribution is -0.132. The van der Waals surface area contributed by atoms with E-state index in [4.69, 9.17) is 0 Å². The van der Waals surface area contributed by atoms with Crippen LogP contribution in [0.25, 0.3) is 0 Å². The zero-order valence-corrected chi connectivity index (χ0v) is 13.5. The van der Waals surface area contributed by atoms with Crippen molar-refractivity contribution < 1.29 is 4.79 Å². The molecular weight excluding hydrogens is 256 g/mol. The van der Waals surface area contributed by atoms with E-state index in [1.807, 2.05) is 11.8 Å². The summed E-state index contributed by atoms with van der Waals surface area (Å²) in [5.74, 6) is 0.834. The van der Waals surface area contributed by atoms with Gasteiger partial charge in [0.25, 0.3) is 0 Å². The fourth-order valence-electron chi connectivity index (χ4n) is 3.55. The third-order valence-corrected chi connectivity index (χ3v) is 5.67. The van der Waals surface area contributed by atoms with Crippen molar-refractivity contribution in [2.75, 3.05) is 6.26 Å². The molecule has 0 aromatic carbocycles. The van der Waals surface area contributed by atoms with E-state index in [9.17, 15) is 4.79 Å². The Morgan fingerprint density at radius 3 is 2.74 bits per heavy atom. The first-order valence-corrected chi connectivity index (χ1v) is 9.00. The first kappa shape index (κ1) is 15.2. The molecular formula is C15H28N2OS. The monoisotopic (exact) mass is 284 g/mol. The summed E-state index contributed by atoms with van der Waals surface area (Å²) in [6, 6.07) is 0.504. The summed E-state index contributed by atoms with van der Waals surface area (Å²) < 4.78 is 0. The Morgan fingerprint density at radius 1 is 1.42 bits per heavy atom. The summed E-state index contributed by atoms with van der Waals surface area (Å²) >= 11 is 1.94. The molecule has 1 aliphatic heterocycles. The van der Waals surface area contributed by atoms with Gasteiger partial charge in [0, 0.05) is 11.3 Å². The minimum Gasteiger partial charge on any atom is -0.321 e. The maximum absolute atomic E-state index is 12.7. The first-order chi connectivity index (χ1) is 9.10. The zero-order valence-electron chi connectivity index (χ0n) is 12.7. The zero-order chi connectivity index (χ0) is 14.0. The molecule has 1 aliphatic carbocycles. The second-order valence-corrected chi connectivity index (χ2v) is 7.29. The van der Waals surface area contributed by atoms with Gasteiger partial charge in [0.2, 0.25) is 5.91 Å².